The lowest BCUT2D eigenvalue weighted by atomic mass is 9.30. The molecule has 22 nitrogen and oxygen atoms in total. The summed E-state index contributed by atoms with van der Waals surface area (Å²) in [6, 6.07) is 0. The largest absolute Gasteiger partial charge is 0.491 e. The molecular weight excluding hydrogens is 989 g/mol. The van der Waals surface area contributed by atoms with Gasteiger partial charge in [-0.3, -0.25) is 0 Å². The Hall–Kier alpha value is -1.30. The number of fused-ring (bicyclic) bond motifs is 4. The van der Waals surface area contributed by atoms with Crippen LogP contribution in [0, 0.1) is 44.8 Å². The molecule has 10 aliphatic rings. The van der Waals surface area contributed by atoms with E-state index in [1.54, 1.807) is 0 Å². The van der Waals surface area contributed by atoms with E-state index in [0.717, 1.165) is 32.1 Å². The first kappa shape index (κ1) is 57.0. The zero-order valence-electron chi connectivity index (χ0n) is 44.2. The minimum absolute atomic E-state index is 0.0744. The molecular formula is C53H86O22. The zero-order valence-corrected chi connectivity index (χ0v) is 44.2. The van der Waals surface area contributed by atoms with Gasteiger partial charge in [0.1, 0.15) is 91.1 Å². The lowest BCUT2D eigenvalue weighted by Crippen LogP contribution is -2.74. The molecule has 22 heteroatoms. The molecule has 30 atom stereocenters. The van der Waals surface area contributed by atoms with Gasteiger partial charge in [-0.15, -0.1) is 0 Å². The molecule has 0 radical (unpaired) electrons. The summed E-state index contributed by atoms with van der Waals surface area (Å²) in [7, 11) is 0. The Bertz CT molecular complexity index is 2080. The maximum atomic E-state index is 12.4. The van der Waals surface area contributed by atoms with Crippen LogP contribution in [-0.4, -0.2) is 226 Å². The summed E-state index contributed by atoms with van der Waals surface area (Å²) < 4.78 is 56.2. The van der Waals surface area contributed by atoms with E-state index in [4.69, 9.17) is 42.6 Å². The number of hydrogen-bond donors (Lipinski definition) is 13. The predicted octanol–water partition coefficient (Wildman–Crippen LogP) is -1.45. The molecule has 1 spiro atoms. The van der Waals surface area contributed by atoms with Crippen molar-refractivity contribution in [3.63, 3.8) is 0 Å². The van der Waals surface area contributed by atoms with E-state index in [2.05, 4.69) is 41.2 Å². The lowest BCUT2D eigenvalue weighted by Gasteiger charge is -2.74. The summed E-state index contributed by atoms with van der Waals surface area (Å²) in [5.41, 5.74) is -3.51. The van der Waals surface area contributed by atoms with E-state index in [1.807, 2.05) is 6.92 Å². The van der Waals surface area contributed by atoms with E-state index in [-0.39, 0.29) is 28.6 Å². The van der Waals surface area contributed by atoms with E-state index >= 15 is 0 Å². The van der Waals surface area contributed by atoms with Gasteiger partial charge < -0.3 is 109 Å². The highest BCUT2D eigenvalue weighted by Crippen LogP contribution is 2.81. The summed E-state index contributed by atoms with van der Waals surface area (Å²) in [6.45, 7) is 17.3. The average Bonchev–Trinajstić information content (AvgIpc) is 3.64. The zero-order chi connectivity index (χ0) is 54.5. The smallest absolute Gasteiger partial charge is 0.187 e. The van der Waals surface area contributed by atoms with Gasteiger partial charge in [0.05, 0.1) is 54.9 Å². The quantitative estimate of drug-likeness (QED) is 0.111. The Morgan fingerprint density at radius 2 is 1.15 bits per heavy atom. The summed E-state index contributed by atoms with van der Waals surface area (Å²) in [5, 5.41) is 143. The number of aliphatic hydroxyl groups excluding tert-OH is 12. The molecule has 0 amide bonds. The fourth-order valence-electron chi connectivity index (χ4n) is 17.6. The standard InChI is InChI=1S/C53H86O22/c1-22-32(57)36(61)39(64)43(68-22)74-42-38(63)34(59)25(20-55)70-46(42)71-26-21-67-45(41(35(26)60)73-44-40(65)37(62)33(58)24(19-54)69-44)72-31-11-12-49(6)27(47(31,3)4)9-13-50(7)28(49)10-14-53-29-17-48(5,66)15-16-52(29,23(2)75-53)30(56)18-51(50,53)8/h22,24-46,54-66H,2,9-21H2,1,3-8H3. The van der Waals surface area contributed by atoms with E-state index in [0.29, 0.717) is 37.9 Å². The van der Waals surface area contributed by atoms with Crippen LogP contribution in [0.15, 0.2) is 12.3 Å². The van der Waals surface area contributed by atoms with Crippen LogP contribution in [0.5, 0.6) is 0 Å². The second-order valence-corrected chi connectivity index (χ2v) is 26.0. The van der Waals surface area contributed by atoms with Gasteiger partial charge >= 0.3 is 0 Å². The first-order valence-corrected chi connectivity index (χ1v) is 27.4. The summed E-state index contributed by atoms with van der Waals surface area (Å²) >= 11 is 0. The second kappa shape index (κ2) is 19.7. The van der Waals surface area contributed by atoms with Crippen LogP contribution < -0.4 is 0 Å². The van der Waals surface area contributed by atoms with Crippen LogP contribution >= 0.6 is 0 Å². The summed E-state index contributed by atoms with van der Waals surface area (Å²) in [5.74, 6) is 0.925. The fourth-order valence-corrected chi connectivity index (χ4v) is 17.6. The molecule has 5 saturated heterocycles. The number of rotatable bonds is 10. The Morgan fingerprint density at radius 1 is 0.560 bits per heavy atom. The van der Waals surface area contributed by atoms with Gasteiger partial charge in [0.25, 0.3) is 0 Å². The first-order valence-electron chi connectivity index (χ1n) is 27.4. The molecule has 5 aliphatic heterocycles. The fraction of sp³-hybridized carbons (Fsp3) is 0.962. The molecule has 5 aliphatic carbocycles. The van der Waals surface area contributed by atoms with Crippen molar-refractivity contribution in [3.05, 3.63) is 12.3 Å². The molecule has 0 aromatic rings. The van der Waals surface area contributed by atoms with Crippen LogP contribution in [0.1, 0.15) is 113 Å². The van der Waals surface area contributed by atoms with E-state index < -0.39 is 176 Å². The molecule has 430 valence electrons. The molecule has 13 N–H and O–H groups in total. The first-order chi connectivity index (χ1) is 35.1. The van der Waals surface area contributed by atoms with Gasteiger partial charge in [0.2, 0.25) is 0 Å². The van der Waals surface area contributed by atoms with Crippen LogP contribution in [0.3, 0.4) is 0 Å². The highest BCUT2D eigenvalue weighted by molar-refractivity contribution is 5.35. The maximum Gasteiger partial charge on any atom is 0.187 e. The van der Waals surface area contributed by atoms with Crippen molar-refractivity contribution in [3.8, 4) is 0 Å². The molecule has 0 aromatic carbocycles. The molecule has 75 heavy (non-hydrogen) atoms. The highest BCUT2D eigenvalue weighted by atomic mass is 16.8. The third kappa shape index (κ3) is 8.42. The number of hydrogen-bond acceptors (Lipinski definition) is 22. The average molecular weight is 1080 g/mol. The predicted molar refractivity (Wildman–Crippen MR) is 256 cm³/mol. The van der Waals surface area contributed by atoms with Crippen LogP contribution in [0.2, 0.25) is 0 Å². The van der Waals surface area contributed by atoms with Crippen molar-refractivity contribution in [2.24, 2.45) is 44.8 Å². The third-order valence-corrected chi connectivity index (χ3v) is 22.0. The van der Waals surface area contributed by atoms with Gasteiger partial charge in [-0.05, 0) is 106 Å². The summed E-state index contributed by atoms with van der Waals surface area (Å²) in [4.78, 5) is 0. The molecule has 0 aromatic heterocycles. The minimum Gasteiger partial charge on any atom is -0.491 e. The molecule has 10 rings (SSSR count). The van der Waals surface area contributed by atoms with E-state index in [9.17, 15) is 66.4 Å². The van der Waals surface area contributed by atoms with Gasteiger partial charge in [0.15, 0.2) is 25.2 Å². The Morgan fingerprint density at radius 3 is 1.80 bits per heavy atom. The number of aliphatic hydroxyl groups is 13. The highest BCUT2D eigenvalue weighted by Gasteiger charge is 2.82. The minimum atomic E-state index is -1.89. The van der Waals surface area contributed by atoms with E-state index in [1.165, 1.54) is 6.92 Å². The number of ether oxygens (including phenoxy) is 9. The van der Waals surface area contributed by atoms with Crippen molar-refractivity contribution < 1.29 is 109 Å². The van der Waals surface area contributed by atoms with Crippen LogP contribution in [0.25, 0.3) is 0 Å². The second-order valence-electron chi connectivity index (χ2n) is 26.0. The van der Waals surface area contributed by atoms with Crippen molar-refractivity contribution in [1.29, 1.82) is 0 Å². The Labute approximate surface area is 437 Å². The lowest BCUT2D eigenvalue weighted by molar-refractivity contribution is -0.394. The molecule has 10 fully saturated rings. The van der Waals surface area contributed by atoms with Crippen molar-refractivity contribution in [2.45, 2.75) is 253 Å². The Kier molecular flexibility index (Phi) is 15.0. The van der Waals surface area contributed by atoms with Gasteiger partial charge in [-0.2, -0.15) is 0 Å². The van der Waals surface area contributed by atoms with Crippen molar-refractivity contribution in [1.82, 2.24) is 0 Å². The van der Waals surface area contributed by atoms with Gasteiger partial charge in [0, 0.05) is 11.3 Å². The molecule has 5 saturated carbocycles. The van der Waals surface area contributed by atoms with Crippen LogP contribution in [0.4, 0.5) is 0 Å². The monoisotopic (exact) mass is 1070 g/mol. The van der Waals surface area contributed by atoms with Gasteiger partial charge in [-0.1, -0.05) is 41.2 Å². The third-order valence-electron chi connectivity index (χ3n) is 22.0. The Balaban J connectivity index is 0.906. The topological polar surface area (TPSA) is 346 Å². The van der Waals surface area contributed by atoms with Crippen LogP contribution in [-0.2, 0) is 42.6 Å². The SMILES string of the molecule is C=C1OC23CCC4C5(C)CCC(OC6OCC(OC7OC(CO)C(O)C(O)C7OC7OC(C)C(O)C(O)C7O)C(O)C6OC6OC(CO)C(O)C(O)C6O)C(C)(C)C5CCC4(C)C2(C)CC(O)C12CCC(C)(O)CC23. The molecule has 30 unspecified atom stereocenters. The molecule has 2 bridgehead atoms. The maximum absolute atomic E-state index is 12.4. The molecule has 5 heterocycles. The normalized spacial score (nSPS) is 58.5. The van der Waals surface area contributed by atoms with Gasteiger partial charge in [-0.25, -0.2) is 0 Å². The van der Waals surface area contributed by atoms with Crippen molar-refractivity contribution in [2.75, 3.05) is 19.8 Å². The van der Waals surface area contributed by atoms with Crippen molar-refractivity contribution >= 4 is 0 Å². The summed E-state index contributed by atoms with van der Waals surface area (Å²) in [6.07, 6.45) is -25.4.